The first-order chi connectivity index (χ1) is 15.3. The lowest BCUT2D eigenvalue weighted by atomic mass is 9.96. The van der Waals surface area contributed by atoms with E-state index < -0.39 is 0 Å². The Morgan fingerprint density at radius 1 is 1.09 bits per heavy atom. The van der Waals surface area contributed by atoms with E-state index in [4.69, 9.17) is 4.99 Å². The largest absolute Gasteiger partial charge is 0.295 e. The molecule has 0 radical (unpaired) electrons. The number of aryl methyl sites for hydroxylation is 1. The van der Waals surface area contributed by atoms with Crippen LogP contribution in [-0.2, 0) is 13.0 Å². The standard InChI is InChI=1S/C30H40N2/c1-8-10-11-25(6)31-19-18-30(28-16-13-26(14-17-28)20-23(3)4)32(7)22-29-21-24(5)12-15-27(29)9-2/h8-17,21,23,30H,1-2,18-20,22H2,3-7H3/b11-10-,31-25-. The van der Waals surface area contributed by atoms with Crippen LogP contribution in [0, 0.1) is 12.8 Å². The van der Waals surface area contributed by atoms with Gasteiger partial charge in [0.1, 0.15) is 0 Å². The molecule has 0 fully saturated rings. The van der Waals surface area contributed by atoms with Crippen LogP contribution in [0.2, 0.25) is 0 Å². The number of benzene rings is 2. The van der Waals surface area contributed by atoms with Crippen molar-refractivity contribution in [2.24, 2.45) is 10.9 Å². The molecule has 1 atom stereocenters. The van der Waals surface area contributed by atoms with Gasteiger partial charge in [-0.05, 0) is 68.0 Å². The zero-order chi connectivity index (χ0) is 23.5. The molecule has 0 aliphatic rings. The molecule has 2 rings (SSSR count). The molecule has 2 nitrogen and oxygen atoms in total. The fraction of sp³-hybridized carbons (Fsp3) is 0.367. The van der Waals surface area contributed by atoms with E-state index in [1.165, 1.54) is 27.8 Å². The molecule has 0 saturated carbocycles. The molecule has 0 aliphatic heterocycles. The lowest BCUT2D eigenvalue weighted by molar-refractivity contribution is 0.227. The summed E-state index contributed by atoms with van der Waals surface area (Å²) in [5.41, 5.74) is 7.59. The van der Waals surface area contributed by atoms with Crippen LogP contribution in [0.25, 0.3) is 6.08 Å². The van der Waals surface area contributed by atoms with Gasteiger partial charge in [-0.25, -0.2) is 0 Å². The van der Waals surface area contributed by atoms with Gasteiger partial charge in [0, 0.05) is 24.8 Å². The van der Waals surface area contributed by atoms with Gasteiger partial charge in [-0.1, -0.05) is 93.3 Å². The highest BCUT2D eigenvalue weighted by atomic mass is 15.1. The summed E-state index contributed by atoms with van der Waals surface area (Å²) in [6, 6.07) is 16.1. The van der Waals surface area contributed by atoms with Gasteiger partial charge < -0.3 is 0 Å². The van der Waals surface area contributed by atoms with Crippen molar-refractivity contribution in [1.29, 1.82) is 0 Å². The van der Waals surface area contributed by atoms with E-state index in [2.05, 4.69) is 88.3 Å². The number of nitrogens with zero attached hydrogens (tertiary/aromatic N) is 2. The molecule has 0 saturated heterocycles. The van der Waals surface area contributed by atoms with Crippen LogP contribution in [0.1, 0.15) is 61.1 Å². The van der Waals surface area contributed by atoms with E-state index in [9.17, 15) is 0 Å². The Morgan fingerprint density at radius 2 is 1.81 bits per heavy atom. The molecule has 0 aliphatic carbocycles. The van der Waals surface area contributed by atoms with E-state index >= 15 is 0 Å². The highest BCUT2D eigenvalue weighted by Gasteiger charge is 2.18. The summed E-state index contributed by atoms with van der Waals surface area (Å²) in [5, 5.41) is 0. The molecule has 170 valence electrons. The van der Waals surface area contributed by atoms with Crippen LogP contribution in [-0.4, -0.2) is 24.2 Å². The molecule has 2 aromatic carbocycles. The normalized spacial score (nSPS) is 13.2. The second-order valence-electron chi connectivity index (χ2n) is 9.08. The Balaban J connectivity index is 2.26. The van der Waals surface area contributed by atoms with Crippen molar-refractivity contribution in [2.75, 3.05) is 13.6 Å². The van der Waals surface area contributed by atoms with Crippen molar-refractivity contribution in [3.63, 3.8) is 0 Å². The Morgan fingerprint density at radius 3 is 2.44 bits per heavy atom. The first kappa shape index (κ1) is 25.5. The van der Waals surface area contributed by atoms with Crippen molar-refractivity contribution in [3.05, 3.63) is 102 Å². The van der Waals surface area contributed by atoms with Crippen LogP contribution >= 0.6 is 0 Å². The zero-order valence-electron chi connectivity index (χ0n) is 20.6. The topological polar surface area (TPSA) is 15.6 Å². The number of hydrogen-bond donors (Lipinski definition) is 0. The van der Waals surface area contributed by atoms with Gasteiger partial charge in [0.05, 0.1) is 0 Å². The minimum Gasteiger partial charge on any atom is -0.295 e. The summed E-state index contributed by atoms with van der Waals surface area (Å²) in [5.74, 6) is 0.666. The SMILES string of the molecule is C=C/C=C\C(C)=N/CCC(c1ccc(CC(C)C)cc1)N(C)Cc1cc(C)ccc1C=C. The van der Waals surface area contributed by atoms with E-state index in [0.717, 1.165) is 31.6 Å². The van der Waals surface area contributed by atoms with E-state index in [1.54, 1.807) is 6.08 Å². The Labute approximate surface area is 196 Å². The molecule has 32 heavy (non-hydrogen) atoms. The summed E-state index contributed by atoms with van der Waals surface area (Å²) >= 11 is 0. The van der Waals surface area contributed by atoms with Crippen molar-refractivity contribution >= 4 is 11.8 Å². The summed E-state index contributed by atoms with van der Waals surface area (Å²) in [6.07, 6.45) is 9.77. The smallest absolute Gasteiger partial charge is 0.0410 e. The number of aliphatic imine (C=N–C) groups is 1. The molecule has 2 aromatic rings. The van der Waals surface area contributed by atoms with Gasteiger partial charge >= 0.3 is 0 Å². The first-order valence-corrected chi connectivity index (χ1v) is 11.6. The summed E-state index contributed by atoms with van der Waals surface area (Å²) in [7, 11) is 2.22. The maximum Gasteiger partial charge on any atom is 0.0410 e. The summed E-state index contributed by atoms with van der Waals surface area (Å²) < 4.78 is 0. The van der Waals surface area contributed by atoms with Gasteiger partial charge in [0.25, 0.3) is 0 Å². The van der Waals surface area contributed by atoms with Gasteiger partial charge in [0.15, 0.2) is 0 Å². The lowest BCUT2D eigenvalue weighted by Crippen LogP contribution is -2.25. The fourth-order valence-electron chi connectivity index (χ4n) is 4.06. The average molecular weight is 429 g/mol. The number of hydrogen-bond acceptors (Lipinski definition) is 2. The van der Waals surface area contributed by atoms with Crippen molar-refractivity contribution in [2.45, 2.75) is 53.1 Å². The Kier molecular flexibility index (Phi) is 10.4. The maximum atomic E-state index is 4.76. The summed E-state index contributed by atoms with van der Waals surface area (Å²) in [4.78, 5) is 7.21. The van der Waals surface area contributed by atoms with Crippen LogP contribution in [0.3, 0.4) is 0 Å². The third kappa shape index (κ3) is 8.09. The molecular formula is C30H40N2. The molecule has 0 bridgehead atoms. The van der Waals surface area contributed by atoms with Gasteiger partial charge in [-0.15, -0.1) is 0 Å². The molecule has 0 heterocycles. The maximum absolute atomic E-state index is 4.76. The van der Waals surface area contributed by atoms with Crippen LogP contribution in [0.15, 0.2) is 78.8 Å². The molecule has 0 amide bonds. The van der Waals surface area contributed by atoms with E-state index in [1.807, 2.05) is 25.2 Å². The molecule has 1 unspecified atom stereocenters. The van der Waals surface area contributed by atoms with Crippen molar-refractivity contribution in [1.82, 2.24) is 4.90 Å². The van der Waals surface area contributed by atoms with Crippen LogP contribution < -0.4 is 0 Å². The van der Waals surface area contributed by atoms with E-state index in [-0.39, 0.29) is 0 Å². The molecule has 0 aromatic heterocycles. The van der Waals surface area contributed by atoms with Crippen LogP contribution in [0.5, 0.6) is 0 Å². The van der Waals surface area contributed by atoms with Gasteiger partial charge in [0.2, 0.25) is 0 Å². The quantitative estimate of drug-likeness (QED) is 0.251. The number of rotatable bonds is 12. The van der Waals surface area contributed by atoms with Gasteiger partial charge in [-0.3, -0.25) is 9.89 Å². The third-order valence-corrected chi connectivity index (χ3v) is 5.72. The minimum atomic E-state index is 0.293. The molecule has 2 heteroatoms. The molecule has 0 N–H and O–H groups in total. The molecule has 0 spiro atoms. The number of allylic oxidation sites excluding steroid dienone is 3. The summed E-state index contributed by atoms with van der Waals surface area (Å²) in [6.45, 7) is 18.1. The second kappa shape index (κ2) is 13.0. The zero-order valence-corrected chi connectivity index (χ0v) is 20.6. The predicted molar refractivity (Wildman–Crippen MR) is 142 cm³/mol. The first-order valence-electron chi connectivity index (χ1n) is 11.6. The third-order valence-electron chi connectivity index (χ3n) is 5.72. The Bertz CT molecular complexity index is 932. The fourth-order valence-corrected chi connectivity index (χ4v) is 4.06. The van der Waals surface area contributed by atoms with Crippen LogP contribution in [0.4, 0.5) is 0 Å². The molecular weight excluding hydrogens is 388 g/mol. The lowest BCUT2D eigenvalue weighted by Gasteiger charge is -2.29. The van der Waals surface area contributed by atoms with E-state index in [0.29, 0.717) is 12.0 Å². The highest BCUT2D eigenvalue weighted by molar-refractivity contribution is 5.92. The second-order valence-corrected chi connectivity index (χ2v) is 9.08. The minimum absolute atomic E-state index is 0.293. The predicted octanol–water partition coefficient (Wildman–Crippen LogP) is 7.60. The average Bonchev–Trinajstić information content (AvgIpc) is 2.75. The van der Waals surface area contributed by atoms with Crippen molar-refractivity contribution in [3.8, 4) is 0 Å². The van der Waals surface area contributed by atoms with Gasteiger partial charge in [-0.2, -0.15) is 0 Å². The highest BCUT2D eigenvalue weighted by Crippen LogP contribution is 2.27. The monoisotopic (exact) mass is 428 g/mol. The Hall–Kier alpha value is -2.71. The van der Waals surface area contributed by atoms with Crippen molar-refractivity contribution < 1.29 is 0 Å².